The molecule has 0 saturated carbocycles. The normalized spacial score (nSPS) is 9.75. The molecule has 0 fully saturated rings. The van der Waals surface area contributed by atoms with Crippen LogP contribution in [0.25, 0.3) is 0 Å². The van der Waals surface area contributed by atoms with E-state index < -0.39 is 0 Å². The second kappa shape index (κ2) is 2.27. The number of nitrogens with zero attached hydrogens (tertiary/aromatic N) is 1. The highest BCUT2D eigenvalue weighted by Crippen LogP contribution is 2.08. The van der Waals surface area contributed by atoms with Crippen molar-refractivity contribution in [2.24, 2.45) is 0 Å². The lowest BCUT2D eigenvalue weighted by Crippen LogP contribution is -1.78. The molecule has 0 unspecified atom stereocenters. The summed E-state index contributed by atoms with van der Waals surface area (Å²) in [6.07, 6.45) is 0.613. The third-order valence-electron chi connectivity index (χ3n) is 1.07. The first kappa shape index (κ1) is 5.76. The molecule has 2 radical (unpaired) electrons. The standard InChI is InChI=1S/C6H7NS/c1-3-6-4-8-7-5(6)2/h1,4H,3H2,2H3. The van der Waals surface area contributed by atoms with Crippen LogP contribution in [0.2, 0.25) is 0 Å². The topological polar surface area (TPSA) is 12.9 Å². The van der Waals surface area contributed by atoms with Gasteiger partial charge in [0.05, 0.1) is 5.69 Å². The summed E-state index contributed by atoms with van der Waals surface area (Å²) in [5.41, 5.74) is 2.23. The van der Waals surface area contributed by atoms with E-state index in [1.165, 1.54) is 11.5 Å². The van der Waals surface area contributed by atoms with Crippen molar-refractivity contribution >= 4 is 11.5 Å². The minimum atomic E-state index is 0.613. The number of aryl methyl sites for hydroxylation is 1. The average molecular weight is 125 g/mol. The third kappa shape index (κ3) is 0.892. The van der Waals surface area contributed by atoms with Gasteiger partial charge in [-0.3, -0.25) is 0 Å². The van der Waals surface area contributed by atoms with Crippen molar-refractivity contribution in [3.8, 4) is 0 Å². The van der Waals surface area contributed by atoms with Crippen LogP contribution in [-0.2, 0) is 6.42 Å². The molecule has 0 amide bonds. The van der Waals surface area contributed by atoms with Gasteiger partial charge in [0.15, 0.2) is 0 Å². The lowest BCUT2D eigenvalue weighted by molar-refractivity contribution is 1.19. The van der Waals surface area contributed by atoms with Crippen LogP contribution in [0.3, 0.4) is 0 Å². The molecule has 0 bridgehead atoms. The zero-order chi connectivity index (χ0) is 5.98. The predicted molar refractivity (Wildman–Crippen MR) is 34.9 cm³/mol. The van der Waals surface area contributed by atoms with E-state index in [4.69, 9.17) is 6.92 Å². The second-order valence-corrected chi connectivity index (χ2v) is 2.26. The summed E-state index contributed by atoms with van der Waals surface area (Å²) >= 11 is 1.46. The molecule has 8 heavy (non-hydrogen) atoms. The highest BCUT2D eigenvalue weighted by Gasteiger charge is 1.94. The van der Waals surface area contributed by atoms with Crippen LogP contribution in [0, 0.1) is 13.8 Å². The van der Waals surface area contributed by atoms with Gasteiger partial charge in [0.25, 0.3) is 0 Å². The molecule has 0 N–H and O–H groups in total. The maximum atomic E-state index is 5.36. The Morgan fingerprint density at radius 3 is 2.88 bits per heavy atom. The molecule has 1 rings (SSSR count). The molecule has 0 aliphatic rings. The average Bonchev–Trinajstić information content (AvgIpc) is 2.14. The number of hydrogen-bond donors (Lipinski definition) is 0. The first-order valence-corrected chi connectivity index (χ1v) is 3.28. The Kier molecular flexibility index (Phi) is 1.63. The summed E-state index contributed by atoms with van der Waals surface area (Å²) in [4.78, 5) is 0. The Morgan fingerprint density at radius 1 is 1.88 bits per heavy atom. The maximum absolute atomic E-state index is 5.36. The number of aromatic nitrogens is 1. The van der Waals surface area contributed by atoms with E-state index in [-0.39, 0.29) is 0 Å². The van der Waals surface area contributed by atoms with E-state index in [0.717, 1.165) is 11.3 Å². The van der Waals surface area contributed by atoms with Crippen LogP contribution in [0.1, 0.15) is 11.3 Å². The fourth-order valence-corrected chi connectivity index (χ4v) is 1.23. The van der Waals surface area contributed by atoms with E-state index in [0.29, 0.717) is 6.42 Å². The van der Waals surface area contributed by atoms with Gasteiger partial charge < -0.3 is 0 Å². The molecular formula is C6H7NS. The van der Waals surface area contributed by atoms with Crippen molar-refractivity contribution in [1.82, 2.24) is 4.37 Å². The van der Waals surface area contributed by atoms with Crippen molar-refractivity contribution in [2.45, 2.75) is 13.3 Å². The van der Waals surface area contributed by atoms with Gasteiger partial charge >= 0.3 is 0 Å². The first-order chi connectivity index (χ1) is 3.84. The molecule has 0 saturated heterocycles. The highest BCUT2D eigenvalue weighted by molar-refractivity contribution is 7.03. The Labute approximate surface area is 53.5 Å². The maximum Gasteiger partial charge on any atom is 0.0543 e. The Hall–Kier alpha value is -0.370. The minimum absolute atomic E-state index is 0.613. The van der Waals surface area contributed by atoms with Crippen molar-refractivity contribution in [3.05, 3.63) is 23.6 Å². The van der Waals surface area contributed by atoms with Crippen LogP contribution in [0.4, 0.5) is 0 Å². The van der Waals surface area contributed by atoms with Gasteiger partial charge in [-0.15, -0.1) is 0 Å². The van der Waals surface area contributed by atoms with Gasteiger partial charge in [-0.05, 0) is 37.4 Å². The van der Waals surface area contributed by atoms with E-state index in [1.807, 2.05) is 12.3 Å². The Balaban J connectivity index is 2.92. The molecule has 0 aliphatic carbocycles. The quantitative estimate of drug-likeness (QED) is 0.556. The molecule has 1 nitrogen and oxygen atoms in total. The minimum Gasteiger partial charge on any atom is -0.198 e. The van der Waals surface area contributed by atoms with Crippen LogP contribution < -0.4 is 0 Å². The molecule has 0 spiro atoms. The van der Waals surface area contributed by atoms with Crippen molar-refractivity contribution < 1.29 is 0 Å². The molecule has 42 valence electrons. The lowest BCUT2D eigenvalue weighted by Gasteiger charge is -1.85. The second-order valence-electron chi connectivity index (χ2n) is 1.63. The largest absolute Gasteiger partial charge is 0.198 e. The zero-order valence-electron chi connectivity index (χ0n) is 4.72. The summed E-state index contributed by atoms with van der Waals surface area (Å²) < 4.78 is 4.05. The van der Waals surface area contributed by atoms with Gasteiger partial charge in [0.1, 0.15) is 0 Å². The molecule has 1 aromatic rings. The van der Waals surface area contributed by atoms with Crippen LogP contribution in [0.5, 0.6) is 0 Å². The monoisotopic (exact) mass is 125 g/mol. The van der Waals surface area contributed by atoms with Gasteiger partial charge in [0.2, 0.25) is 0 Å². The number of rotatable bonds is 1. The number of hydrogen-bond acceptors (Lipinski definition) is 2. The van der Waals surface area contributed by atoms with E-state index in [1.54, 1.807) is 0 Å². The molecule has 0 aliphatic heterocycles. The fourth-order valence-electron chi connectivity index (χ4n) is 0.509. The van der Waals surface area contributed by atoms with Gasteiger partial charge in [-0.2, -0.15) is 4.37 Å². The van der Waals surface area contributed by atoms with Gasteiger partial charge in [-0.25, -0.2) is 0 Å². The molecule has 0 aromatic carbocycles. The van der Waals surface area contributed by atoms with E-state index in [2.05, 4.69) is 4.37 Å². The summed E-state index contributed by atoms with van der Waals surface area (Å²) in [6, 6.07) is 0. The summed E-state index contributed by atoms with van der Waals surface area (Å²) in [5.74, 6) is 0. The first-order valence-electron chi connectivity index (χ1n) is 2.44. The fraction of sp³-hybridized carbons (Fsp3) is 0.333. The van der Waals surface area contributed by atoms with Crippen molar-refractivity contribution in [1.29, 1.82) is 0 Å². The molecular weight excluding hydrogens is 118 g/mol. The summed E-state index contributed by atoms with van der Waals surface area (Å²) in [6.45, 7) is 7.33. The van der Waals surface area contributed by atoms with Crippen LogP contribution >= 0.6 is 11.5 Å². The van der Waals surface area contributed by atoms with Crippen LogP contribution in [0.15, 0.2) is 5.38 Å². The molecule has 2 heteroatoms. The van der Waals surface area contributed by atoms with E-state index in [9.17, 15) is 0 Å². The van der Waals surface area contributed by atoms with Crippen molar-refractivity contribution in [3.63, 3.8) is 0 Å². The zero-order valence-corrected chi connectivity index (χ0v) is 5.53. The lowest BCUT2D eigenvalue weighted by atomic mass is 10.2. The van der Waals surface area contributed by atoms with Crippen molar-refractivity contribution in [2.75, 3.05) is 0 Å². The van der Waals surface area contributed by atoms with Gasteiger partial charge in [0, 0.05) is 5.38 Å². The molecule has 1 aromatic heterocycles. The van der Waals surface area contributed by atoms with Gasteiger partial charge in [-0.1, -0.05) is 0 Å². The van der Waals surface area contributed by atoms with Crippen LogP contribution in [-0.4, -0.2) is 4.37 Å². The highest BCUT2D eigenvalue weighted by atomic mass is 32.1. The molecule has 0 atom stereocenters. The van der Waals surface area contributed by atoms with E-state index >= 15 is 0 Å². The third-order valence-corrected chi connectivity index (χ3v) is 1.84. The predicted octanol–water partition coefficient (Wildman–Crippen LogP) is 1.71. The SMILES string of the molecule is [CH]Cc1csnc1C. The summed E-state index contributed by atoms with van der Waals surface area (Å²) in [5, 5.41) is 1.98. The Bertz CT molecular complexity index is 169. The smallest absolute Gasteiger partial charge is 0.0543 e. The Morgan fingerprint density at radius 2 is 2.62 bits per heavy atom. The summed E-state index contributed by atoms with van der Waals surface area (Å²) in [7, 11) is 0. The molecule has 1 heterocycles.